The molecule has 26 heavy (non-hydrogen) atoms. The highest BCUT2D eigenvalue weighted by atomic mass is 16.5. The topological polar surface area (TPSA) is 73.8 Å². The second-order valence-electron chi connectivity index (χ2n) is 5.92. The van der Waals surface area contributed by atoms with Gasteiger partial charge in [0, 0.05) is 12.4 Å². The molecule has 0 unspecified atom stereocenters. The number of benzene rings is 1. The molecule has 3 aromatic heterocycles. The second kappa shape index (κ2) is 6.76. The molecule has 0 aliphatic heterocycles. The maximum Gasteiger partial charge on any atom is 0.297 e. The summed E-state index contributed by atoms with van der Waals surface area (Å²) in [4.78, 5) is 16.8. The summed E-state index contributed by atoms with van der Waals surface area (Å²) >= 11 is 0. The van der Waals surface area contributed by atoms with Gasteiger partial charge in [0.25, 0.3) is 5.56 Å². The molecular formula is C20H16N4O2. The fourth-order valence-electron chi connectivity index (χ4n) is 2.82. The molecule has 0 saturated carbocycles. The molecule has 0 atom stereocenters. The van der Waals surface area contributed by atoms with Crippen LogP contribution < -0.4 is 5.56 Å². The third-order valence-electron chi connectivity index (χ3n) is 4.07. The van der Waals surface area contributed by atoms with Crippen molar-refractivity contribution in [3.63, 3.8) is 0 Å². The summed E-state index contributed by atoms with van der Waals surface area (Å²) in [5.41, 5.74) is 2.65. The number of nitrogens with zero attached hydrogens (tertiary/aromatic N) is 4. The van der Waals surface area contributed by atoms with Gasteiger partial charge in [-0.15, -0.1) is 0 Å². The van der Waals surface area contributed by atoms with Crippen LogP contribution in [0.1, 0.15) is 22.6 Å². The Morgan fingerprint density at radius 1 is 1.12 bits per heavy atom. The van der Waals surface area contributed by atoms with Gasteiger partial charge in [0.1, 0.15) is 0 Å². The van der Waals surface area contributed by atoms with E-state index in [0.717, 1.165) is 11.1 Å². The summed E-state index contributed by atoms with van der Waals surface area (Å²) in [6.45, 7) is 2.24. The van der Waals surface area contributed by atoms with Gasteiger partial charge in [0.05, 0.1) is 17.6 Å². The molecule has 1 aromatic carbocycles. The fraction of sp³-hybridized carbons (Fsp3) is 0.100. The Hall–Kier alpha value is -3.54. The fourth-order valence-corrected chi connectivity index (χ4v) is 2.82. The Morgan fingerprint density at radius 3 is 2.73 bits per heavy atom. The summed E-state index contributed by atoms with van der Waals surface area (Å²) in [5, 5.41) is 9.06. The van der Waals surface area contributed by atoms with Crippen LogP contribution in [0.15, 0.2) is 64.2 Å². The molecule has 0 spiro atoms. The molecule has 0 aliphatic rings. The third kappa shape index (κ3) is 3.04. The van der Waals surface area contributed by atoms with Crippen molar-refractivity contribution in [1.82, 2.24) is 19.9 Å². The van der Waals surface area contributed by atoms with Crippen LogP contribution >= 0.6 is 0 Å². The summed E-state index contributed by atoms with van der Waals surface area (Å²) in [5.74, 6) is 0.512. The highest BCUT2D eigenvalue weighted by Gasteiger charge is 2.16. The quantitative estimate of drug-likeness (QED) is 0.568. The molecule has 0 radical (unpaired) electrons. The van der Waals surface area contributed by atoms with Crippen molar-refractivity contribution < 1.29 is 4.52 Å². The largest absolute Gasteiger partial charge is 0.355 e. The van der Waals surface area contributed by atoms with Crippen molar-refractivity contribution in [3.8, 4) is 0 Å². The zero-order valence-corrected chi connectivity index (χ0v) is 14.2. The summed E-state index contributed by atoms with van der Waals surface area (Å²) in [7, 11) is 0. The van der Waals surface area contributed by atoms with Crippen molar-refractivity contribution in [1.29, 1.82) is 0 Å². The first-order valence-corrected chi connectivity index (χ1v) is 8.21. The number of aryl methyl sites for hydroxylation is 1. The highest BCUT2D eigenvalue weighted by molar-refractivity contribution is 5.89. The van der Waals surface area contributed by atoms with Crippen LogP contribution in [0.5, 0.6) is 0 Å². The molecule has 6 nitrogen and oxygen atoms in total. The molecule has 3 heterocycles. The molecule has 4 rings (SSSR count). The third-order valence-corrected chi connectivity index (χ3v) is 4.07. The Balaban J connectivity index is 1.74. The Bertz CT molecular complexity index is 1130. The molecule has 0 saturated heterocycles. The number of fused-ring (bicyclic) bond motifs is 1. The molecule has 0 aliphatic carbocycles. The van der Waals surface area contributed by atoms with Crippen LogP contribution in [0.4, 0.5) is 0 Å². The van der Waals surface area contributed by atoms with Crippen LogP contribution in [0.25, 0.3) is 23.1 Å². The van der Waals surface area contributed by atoms with Gasteiger partial charge in [-0.25, -0.2) is 4.68 Å². The van der Waals surface area contributed by atoms with Crippen molar-refractivity contribution in [3.05, 3.63) is 87.8 Å². The lowest BCUT2D eigenvalue weighted by atomic mass is 10.2. The standard InChI is InChI=1S/C20H16N4O2/c1-14-18-17(10-9-15-8-5-11-21-12-15)26-23-19(18)20(25)24(22-14)13-16-6-3-2-4-7-16/h2-12H,13H2,1H3/b10-9+. The number of pyridine rings is 1. The molecule has 0 N–H and O–H groups in total. The van der Waals surface area contributed by atoms with E-state index in [9.17, 15) is 4.79 Å². The van der Waals surface area contributed by atoms with Gasteiger partial charge in [-0.1, -0.05) is 41.6 Å². The van der Waals surface area contributed by atoms with Crippen LogP contribution in [-0.4, -0.2) is 19.9 Å². The van der Waals surface area contributed by atoms with Gasteiger partial charge in [-0.2, -0.15) is 5.10 Å². The predicted molar refractivity (Wildman–Crippen MR) is 99.5 cm³/mol. The summed E-state index contributed by atoms with van der Waals surface area (Å²) in [6.07, 6.45) is 7.10. The van der Waals surface area contributed by atoms with Gasteiger partial charge in [-0.3, -0.25) is 9.78 Å². The average molecular weight is 344 g/mol. The molecule has 6 heteroatoms. The van der Waals surface area contributed by atoms with Crippen LogP contribution in [0, 0.1) is 6.92 Å². The maximum absolute atomic E-state index is 12.7. The average Bonchev–Trinajstić information content (AvgIpc) is 3.11. The minimum absolute atomic E-state index is 0.265. The SMILES string of the molecule is Cc1nn(Cc2ccccc2)c(=O)c2noc(/C=C/c3cccnc3)c12. The van der Waals surface area contributed by atoms with Gasteiger partial charge in [-0.05, 0) is 36.3 Å². The van der Waals surface area contributed by atoms with E-state index in [-0.39, 0.29) is 5.56 Å². The lowest BCUT2D eigenvalue weighted by Gasteiger charge is -2.06. The van der Waals surface area contributed by atoms with Crippen molar-refractivity contribution >= 4 is 23.1 Å². The zero-order valence-electron chi connectivity index (χ0n) is 14.2. The van der Waals surface area contributed by atoms with E-state index in [1.807, 2.05) is 55.5 Å². The molecular weight excluding hydrogens is 328 g/mol. The van der Waals surface area contributed by atoms with Gasteiger partial charge >= 0.3 is 0 Å². The number of aromatic nitrogens is 4. The van der Waals surface area contributed by atoms with Crippen molar-refractivity contribution in [2.24, 2.45) is 0 Å². The van der Waals surface area contributed by atoms with Crippen LogP contribution in [0.2, 0.25) is 0 Å². The predicted octanol–water partition coefficient (Wildman–Crippen LogP) is 3.31. The molecule has 128 valence electrons. The van der Waals surface area contributed by atoms with Crippen molar-refractivity contribution in [2.75, 3.05) is 0 Å². The normalized spacial score (nSPS) is 11.4. The van der Waals surface area contributed by atoms with Crippen LogP contribution in [-0.2, 0) is 6.54 Å². The summed E-state index contributed by atoms with van der Waals surface area (Å²) in [6, 6.07) is 13.5. The lowest BCUT2D eigenvalue weighted by Crippen LogP contribution is -2.24. The smallest absolute Gasteiger partial charge is 0.297 e. The van der Waals surface area contributed by atoms with E-state index in [1.54, 1.807) is 18.5 Å². The van der Waals surface area contributed by atoms with E-state index in [1.165, 1.54) is 4.68 Å². The molecule has 0 fully saturated rings. The van der Waals surface area contributed by atoms with E-state index in [0.29, 0.717) is 28.9 Å². The Labute approximate surface area is 149 Å². The van der Waals surface area contributed by atoms with Gasteiger partial charge in [0.2, 0.25) is 0 Å². The summed E-state index contributed by atoms with van der Waals surface area (Å²) < 4.78 is 6.81. The molecule has 4 aromatic rings. The highest BCUT2D eigenvalue weighted by Crippen LogP contribution is 2.20. The number of hydrogen-bond donors (Lipinski definition) is 0. The van der Waals surface area contributed by atoms with Gasteiger partial charge < -0.3 is 4.52 Å². The van der Waals surface area contributed by atoms with E-state index >= 15 is 0 Å². The molecule has 0 amide bonds. The first kappa shape index (κ1) is 16.0. The minimum Gasteiger partial charge on any atom is -0.355 e. The van der Waals surface area contributed by atoms with E-state index in [4.69, 9.17) is 4.52 Å². The molecule has 0 bridgehead atoms. The zero-order chi connectivity index (χ0) is 17.9. The number of hydrogen-bond acceptors (Lipinski definition) is 5. The lowest BCUT2D eigenvalue weighted by molar-refractivity contribution is 0.420. The van der Waals surface area contributed by atoms with Crippen molar-refractivity contribution in [2.45, 2.75) is 13.5 Å². The number of rotatable bonds is 4. The monoisotopic (exact) mass is 344 g/mol. The minimum atomic E-state index is -0.265. The van der Waals surface area contributed by atoms with E-state index in [2.05, 4.69) is 15.2 Å². The first-order chi connectivity index (χ1) is 12.7. The Morgan fingerprint density at radius 2 is 1.96 bits per heavy atom. The first-order valence-electron chi connectivity index (χ1n) is 8.21. The van der Waals surface area contributed by atoms with Gasteiger partial charge in [0.15, 0.2) is 11.3 Å². The van der Waals surface area contributed by atoms with E-state index < -0.39 is 0 Å². The maximum atomic E-state index is 12.7. The van der Waals surface area contributed by atoms with Crippen LogP contribution in [0.3, 0.4) is 0 Å². The second-order valence-corrected chi connectivity index (χ2v) is 5.92. The Kier molecular flexibility index (Phi) is 4.15.